The minimum absolute atomic E-state index is 0.245. The van der Waals surface area contributed by atoms with Crippen molar-refractivity contribution in [3.63, 3.8) is 0 Å². The van der Waals surface area contributed by atoms with E-state index in [4.69, 9.17) is 21.1 Å². The van der Waals surface area contributed by atoms with Crippen LogP contribution in [0.3, 0.4) is 0 Å². The molecule has 0 saturated heterocycles. The van der Waals surface area contributed by atoms with Gasteiger partial charge in [0.1, 0.15) is 5.82 Å². The average Bonchev–Trinajstić information content (AvgIpc) is 3.08. The Kier molecular flexibility index (Phi) is 8.89. The summed E-state index contributed by atoms with van der Waals surface area (Å²) in [5, 5.41) is 0.293. The Labute approximate surface area is 251 Å². The van der Waals surface area contributed by atoms with Gasteiger partial charge in [-0.05, 0) is 54.4 Å². The lowest BCUT2D eigenvalue weighted by Gasteiger charge is -2.44. The minimum Gasteiger partial charge on any atom is -0.465 e. The third kappa shape index (κ3) is 5.89. The highest BCUT2D eigenvalue weighted by molar-refractivity contribution is 8.22. The van der Waals surface area contributed by atoms with Gasteiger partial charge in [0.15, 0.2) is 0 Å². The van der Waals surface area contributed by atoms with Crippen molar-refractivity contribution in [3.05, 3.63) is 113 Å². The molecule has 2 N–H and O–H groups in total. The van der Waals surface area contributed by atoms with Gasteiger partial charge in [-0.1, -0.05) is 66.2 Å². The summed E-state index contributed by atoms with van der Waals surface area (Å²) in [5.41, 5.74) is 2.96. The van der Waals surface area contributed by atoms with Gasteiger partial charge in [-0.3, -0.25) is 9.11 Å². The van der Waals surface area contributed by atoms with E-state index in [-0.39, 0.29) is 10.5 Å². The second kappa shape index (κ2) is 12.4. The van der Waals surface area contributed by atoms with Crippen LogP contribution in [0.25, 0.3) is 11.1 Å². The lowest BCUT2D eigenvalue weighted by Crippen LogP contribution is -2.47. The Balaban J connectivity index is 1.61. The molecular formula is C32H32ClFN2O5S. The number of rotatable bonds is 7. The summed E-state index contributed by atoms with van der Waals surface area (Å²) in [7, 11) is -0.731. The molecule has 0 amide bonds. The topological polar surface area (TPSA) is 82.5 Å². The molecule has 0 aliphatic carbocycles. The molecule has 0 spiro atoms. The number of anilines is 2. The first-order valence-corrected chi connectivity index (χ1v) is 15.2. The third-order valence-corrected chi connectivity index (χ3v) is 9.82. The molecule has 2 atom stereocenters. The highest BCUT2D eigenvalue weighted by Crippen LogP contribution is 2.60. The number of halogens is 2. The number of ether oxygens (including phenoxy) is 2. The van der Waals surface area contributed by atoms with Crippen LogP contribution < -0.4 is 4.90 Å². The van der Waals surface area contributed by atoms with Gasteiger partial charge in [0.25, 0.3) is 0 Å². The molecule has 42 heavy (non-hydrogen) atoms. The standard InChI is InChI=1S/C32H32ClFN2O5S/c1-21(41-20-22-10-6-4-7-11-22)30-19-36(24-12-8-5-9-13-24)29-18-27(33)25(17-31(29)42(38,39)35(30)2)23-14-15-28(34)26(16-23)32(37)40-3/h4-18,21,30,38-39H,19-20H2,1-3H3/t21-,30?/m0/s1. The van der Waals surface area contributed by atoms with Gasteiger partial charge >= 0.3 is 5.97 Å². The van der Waals surface area contributed by atoms with E-state index >= 15 is 0 Å². The van der Waals surface area contributed by atoms with Crippen molar-refractivity contribution >= 4 is 39.7 Å². The monoisotopic (exact) mass is 610 g/mol. The summed E-state index contributed by atoms with van der Waals surface area (Å²) < 4.78 is 50.6. The van der Waals surface area contributed by atoms with Gasteiger partial charge in [0.2, 0.25) is 0 Å². The normalized spacial score (nSPS) is 18.1. The van der Waals surface area contributed by atoms with Gasteiger partial charge in [0, 0.05) is 24.8 Å². The second-order valence-corrected chi connectivity index (χ2v) is 12.5. The first-order chi connectivity index (χ1) is 20.1. The molecule has 1 unspecified atom stereocenters. The summed E-state index contributed by atoms with van der Waals surface area (Å²) in [5.74, 6) is -1.56. The SMILES string of the molecule is COC(=O)c1cc(-c2cc3c(cc2Cl)N(c2ccccc2)CC([C@H](C)OCc2ccccc2)N(C)S3(O)O)ccc1F. The van der Waals surface area contributed by atoms with Gasteiger partial charge in [0.05, 0.1) is 47.0 Å². The van der Waals surface area contributed by atoms with Crippen molar-refractivity contribution in [2.45, 2.75) is 30.6 Å². The predicted molar refractivity (Wildman–Crippen MR) is 165 cm³/mol. The Bertz CT molecular complexity index is 1570. The molecule has 5 rings (SSSR count). The van der Waals surface area contributed by atoms with E-state index in [1.165, 1.54) is 19.2 Å². The molecule has 4 aromatic rings. The lowest BCUT2D eigenvalue weighted by atomic mass is 10.0. The molecule has 1 aliphatic rings. The largest absolute Gasteiger partial charge is 0.465 e. The number of likely N-dealkylation sites (N-methyl/N-ethyl adjacent to an activating group) is 1. The van der Waals surface area contributed by atoms with E-state index in [0.717, 1.165) is 17.3 Å². The van der Waals surface area contributed by atoms with Crippen LogP contribution in [-0.4, -0.2) is 52.2 Å². The number of para-hydroxylation sites is 1. The van der Waals surface area contributed by atoms with Gasteiger partial charge < -0.3 is 14.4 Å². The highest BCUT2D eigenvalue weighted by Gasteiger charge is 2.40. The first-order valence-electron chi connectivity index (χ1n) is 13.3. The predicted octanol–water partition coefficient (Wildman–Crippen LogP) is 8.01. The fourth-order valence-electron chi connectivity index (χ4n) is 5.11. The fourth-order valence-corrected chi connectivity index (χ4v) is 7.03. The Morgan fingerprint density at radius 1 is 1.05 bits per heavy atom. The third-order valence-electron chi connectivity index (χ3n) is 7.52. The van der Waals surface area contributed by atoms with Crippen LogP contribution in [-0.2, 0) is 16.1 Å². The van der Waals surface area contributed by atoms with E-state index in [1.54, 1.807) is 23.5 Å². The van der Waals surface area contributed by atoms with Crippen molar-refractivity contribution in [1.82, 2.24) is 4.31 Å². The van der Waals surface area contributed by atoms with Crippen molar-refractivity contribution in [1.29, 1.82) is 0 Å². The van der Waals surface area contributed by atoms with Crippen LogP contribution in [0, 0.1) is 5.82 Å². The number of methoxy groups -OCH3 is 1. The van der Waals surface area contributed by atoms with E-state index in [9.17, 15) is 18.3 Å². The Morgan fingerprint density at radius 2 is 1.71 bits per heavy atom. The number of hydrogen-bond donors (Lipinski definition) is 2. The quantitative estimate of drug-likeness (QED) is 0.205. The lowest BCUT2D eigenvalue weighted by molar-refractivity contribution is 0.0130. The zero-order valence-corrected chi connectivity index (χ0v) is 25.0. The Morgan fingerprint density at radius 3 is 2.38 bits per heavy atom. The summed E-state index contributed by atoms with van der Waals surface area (Å²) in [6.07, 6.45) is -0.392. The van der Waals surface area contributed by atoms with Crippen LogP contribution >= 0.6 is 22.4 Å². The molecule has 7 nitrogen and oxygen atoms in total. The van der Waals surface area contributed by atoms with Crippen molar-refractivity contribution in [2.24, 2.45) is 0 Å². The summed E-state index contributed by atoms with van der Waals surface area (Å²) in [4.78, 5) is 14.4. The molecule has 0 aromatic heterocycles. The zero-order chi connectivity index (χ0) is 30.0. The molecule has 10 heteroatoms. The maximum atomic E-state index is 14.4. The molecule has 0 saturated carbocycles. The maximum absolute atomic E-state index is 14.4. The van der Waals surface area contributed by atoms with Gasteiger partial charge in [-0.15, -0.1) is 10.8 Å². The maximum Gasteiger partial charge on any atom is 0.340 e. The van der Waals surface area contributed by atoms with E-state index < -0.39 is 34.7 Å². The molecule has 0 radical (unpaired) electrons. The van der Waals surface area contributed by atoms with Crippen LogP contribution in [0.15, 0.2) is 95.9 Å². The first kappa shape index (κ1) is 30.0. The second-order valence-electron chi connectivity index (χ2n) is 10.1. The number of benzene rings is 4. The van der Waals surface area contributed by atoms with E-state index in [1.807, 2.05) is 72.5 Å². The minimum atomic E-state index is -3.57. The number of nitrogens with zero attached hydrogens (tertiary/aromatic N) is 2. The molecule has 0 bridgehead atoms. The van der Waals surface area contributed by atoms with Crippen LogP contribution in [0.5, 0.6) is 0 Å². The number of carbonyl (C=O) groups excluding carboxylic acids is 1. The average molecular weight is 611 g/mol. The molecule has 0 fully saturated rings. The van der Waals surface area contributed by atoms with Crippen molar-refractivity contribution in [3.8, 4) is 11.1 Å². The number of carbonyl (C=O) groups is 1. The van der Waals surface area contributed by atoms with E-state index in [2.05, 4.69) is 0 Å². The summed E-state index contributed by atoms with van der Waals surface area (Å²) >= 11 is 6.82. The molecule has 220 valence electrons. The number of esters is 1. The number of hydrogen-bond acceptors (Lipinski definition) is 7. The van der Waals surface area contributed by atoms with Gasteiger partial charge in [-0.2, -0.15) is 4.31 Å². The molecule has 4 aromatic carbocycles. The highest BCUT2D eigenvalue weighted by atomic mass is 35.5. The number of fused-ring (bicyclic) bond motifs is 1. The molecule has 1 aliphatic heterocycles. The van der Waals surface area contributed by atoms with Crippen molar-refractivity contribution in [2.75, 3.05) is 25.6 Å². The molecular weight excluding hydrogens is 579 g/mol. The summed E-state index contributed by atoms with van der Waals surface area (Å²) in [6, 6.07) is 26.2. The van der Waals surface area contributed by atoms with Crippen LogP contribution in [0.2, 0.25) is 5.02 Å². The smallest absolute Gasteiger partial charge is 0.340 e. The summed E-state index contributed by atoms with van der Waals surface area (Å²) in [6.45, 7) is 2.66. The fraction of sp³-hybridized carbons (Fsp3) is 0.219. The van der Waals surface area contributed by atoms with E-state index in [0.29, 0.717) is 35.0 Å². The van der Waals surface area contributed by atoms with Crippen molar-refractivity contribution < 1.29 is 27.8 Å². The van der Waals surface area contributed by atoms with Crippen LogP contribution in [0.4, 0.5) is 15.8 Å². The Hall–Kier alpha value is -3.44. The van der Waals surface area contributed by atoms with Crippen LogP contribution in [0.1, 0.15) is 22.8 Å². The molecule has 1 heterocycles. The van der Waals surface area contributed by atoms with Gasteiger partial charge in [-0.25, -0.2) is 9.18 Å². The zero-order valence-electron chi connectivity index (χ0n) is 23.4.